The molecule has 306 valence electrons. The van der Waals surface area contributed by atoms with Crippen LogP contribution in [0.5, 0.6) is 0 Å². The highest BCUT2D eigenvalue weighted by molar-refractivity contribution is 5.86. The number of hydrogen-bond donors (Lipinski definition) is 4. The zero-order valence-corrected chi connectivity index (χ0v) is 33.5. The van der Waals surface area contributed by atoms with Crippen LogP contribution in [0.2, 0.25) is 0 Å². The third-order valence-electron chi connectivity index (χ3n) is 12.7. The Morgan fingerprint density at radius 1 is 0.864 bits per heavy atom. The number of nitrogens with one attached hydrogen (secondary N) is 4. The lowest BCUT2D eigenvalue weighted by Crippen LogP contribution is -2.52. The van der Waals surface area contributed by atoms with Gasteiger partial charge >= 0.3 is 6.09 Å². The van der Waals surface area contributed by atoms with Gasteiger partial charge in [0.1, 0.15) is 17.7 Å². The van der Waals surface area contributed by atoms with E-state index in [1.807, 2.05) is 32.2 Å². The number of nitrogens with zero attached hydrogens (tertiary/aromatic N) is 4. The summed E-state index contributed by atoms with van der Waals surface area (Å²) in [6.45, 7) is 5.35. The molecule has 4 N–H and O–H groups in total. The highest BCUT2D eigenvalue weighted by Gasteiger charge is 2.54. The normalized spacial score (nSPS) is 23.5. The van der Waals surface area contributed by atoms with Crippen LogP contribution in [-0.4, -0.2) is 86.4 Å². The van der Waals surface area contributed by atoms with E-state index in [0.29, 0.717) is 43.8 Å². The van der Waals surface area contributed by atoms with E-state index in [1.54, 1.807) is 23.5 Å². The van der Waals surface area contributed by atoms with Crippen molar-refractivity contribution < 1.29 is 28.6 Å². The highest BCUT2D eigenvalue weighted by Crippen LogP contribution is 2.56. The number of amides is 3. The Morgan fingerprint density at radius 2 is 1.49 bits per heavy atom. The molecule has 5 aromatic rings. The van der Waals surface area contributed by atoms with Crippen LogP contribution < -0.4 is 10.6 Å². The second-order valence-electron chi connectivity index (χ2n) is 16.6. The molecule has 0 radical (unpaired) electrons. The lowest BCUT2D eigenvalue weighted by Gasteiger charge is -2.30. The van der Waals surface area contributed by atoms with Crippen molar-refractivity contribution in [2.45, 2.75) is 69.9 Å². The molecule has 6 atom stereocenters. The van der Waals surface area contributed by atoms with Crippen LogP contribution in [0, 0.1) is 23.7 Å². The average Bonchev–Trinajstić information content (AvgIpc) is 4.14. The summed E-state index contributed by atoms with van der Waals surface area (Å²) in [4.78, 5) is 62.2. The summed E-state index contributed by atoms with van der Waals surface area (Å²) in [5.41, 5.74) is 6.87. The number of benzene rings is 2. The molecule has 1 spiro atoms. The van der Waals surface area contributed by atoms with E-state index in [4.69, 9.17) is 24.2 Å². The lowest BCUT2D eigenvalue weighted by atomic mass is 9.78. The van der Waals surface area contributed by atoms with Crippen molar-refractivity contribution in [2.24, 2.45) is 23.7 Å². The van der Waals surface area contributed by atoms with Gasteiger partial charge in [0, 0.05) is 31.3 Å². The Bertz CT molecular complexity index is 2280. The Balaban J connectivity index is 0.874. The zero-order valence-electron chi connectivity index (χ0n) is 33.5. The highest BCUT2D eigenvalue weighted by atomic mass is 16.7. The fraction of sp³-hybridized carbons (Fsp3) is 0.422. The number of imidazole rings is 2. The predicted octanol–water partition coefficient (Wildman–Crippen LogP) is 6.37. The molecule has 9 rings (SSSR count). The number of rotatable bonds is 11. The maximum atomic E-state index is 14.0. The fourth-order valence-corrected chi connectivity index (χ4v) is 9.76. The molecule has 2 saturated heterocycles. The van der Waals surface area contributed by atoms with Crippen molar-refractivity contribution in [1.29, 1.82) is 0 Å². The minimum atomic E-state index is -0.922. The van der Waals surface area contributed by atoms with Gasteiger partial charge in [-0.15, -0.1) is 0 Å². The van der Waals surface area contributed by atoms with Gasteiger partial charge in [-0.2, -0.15) is 0 Å². The first-order valence-corrected chi connectivity index (χ1v) is 20.6. The topological polar surface area (TPSA) is 176 Å². The van der Waals surface area contributed by atoms with Gasteiger partial charge in [0.15, 0.2) is 5.79 Å². The molecule has 14 heteroatoms. The molecule has 2 bridgehead atoms. The Hall–Kier alpha value is -5.86. The maximum absolute atomic E-state index is 14.0. The molecular formula is C45H50N8O6. The van der Waals surface area contributed by atoms with Crippen LogP contribution in [0.15, 0.2) is 85.5 Å². The van der Waals surface area contributed by atoms with E-state index in [1.165, 1.54) is 7.11 Å². The standard InChI is InChI=1S/C45H50N8O6/c1-26(2)39(52-44(56)57-3)43(55)53-25-45(58-17-18-59-45)20-36(53)40-47-23-34(50-40)30-10-6-28(7-11-30)29-8-12-31(13-9-29)35-24-48-41(51-35)37-32-14-15-33(19-32)38(37)42(54)49-22-27-5-4-16-46-21-27/h4-13,16,21,23-24,26,32-33,36-39H,14-15,17-20,22,25H2,1-3H3,(H,47,50)(H,48,51)(H,49,54)(H,52,56)/t32?,33?,36-,37?,38-,39-/m0/s1. The van der Waals surface area contributed by atoms with E-state index < -0.39 is 24.0 Å². The number of likely N-dealkylation sites (tertiary alicyclic amines) is 1. The van der Waals surface area contributed by atoms with Crippen LogP contribution in [0.4, 0.5) is 4.79 Å². The van der Waals surface area contributed by atoms with Crippen molar-refractivity contribution in [1.82, 2.24) is 40.5 Å². The van der Waals surface area contributed by atoms with Crippen LogP contribution in [0.1, 0.15) is 68.7 Å². The predicted molar refractivity (Wildman–Crippen MR) is 218 cm³/mol. The second-order valence-corrected chi connectivity index (χ2v) is 16.6. The third-order valence-corrected chi connectivity index (χ3v) is 12.7. The average molecular weight is 799 g/mol. The molecule has 3 unspecified atom stereocenters. The number of methoxy groups -OCH3 is 1. The summed E-state index contributed by atoms with van der Waals surface area (Å²) < 4.78 is 16.9. The molecule has 2 aliphatic carbocycles. The number of aromatic amines is 2. The summed E-state index contributed by atoms with van der Waals surface area (Å²) in [7, 11) is 1.28. The molecular weight excluding hydrogens is 749 g/mol. The quantitative estimate of drug-likeness (QED) is 0.118. The van der Waals surface area contributed by atoms with Gasteiger partial charge in [-0.3, -0.25) is 14.6 Å². The van der Waals surface area contributed by atoms with Crippen molar-refractivity contribution in [3.63, 3.8) is 0 Å². The molecule has 5 heterocycles. The van der Waals surface area contributed by atoms with Crippen molar-refractivity contribution in [3.05, 3.63) is 103 Å². The monoisotopic (exact) mass is 798 g/mol. The minimum Gasteiger partial charge on any atom is -0.453 e. The zero-order chi connectivity index (χ0) is 40.7. The first kappa shape index (κ1) is 38.6. The number of carbonyl (C=O) groups excluding carboxylic acids is 3. The molecule has 4 fully saturated rings. The maximum Gasteiger partial charge on any atom is 0.407 e. The number of aromatic nitrogens is 5. The Morgan fingerprint density at radius 3 is 2.12 bits per heavy atom. The van der Waals surface area contributed by atoms with Crippen LogP contribution in [0.3, 0.4) is 0 Å². The number of fused-ring (bicyclic) bond motifs is 2. The Kier molecular flexibility index (Phi) is 10.5. The van der Waals surface area contributed by atoms with Gasteiger partial charge in [0.05, 0.1) is 62.6 Å². The smallest absolute Gasteiger partial charge is 0.407 e. The molecule has 4 aliphatic rings. The van der Waals surface area contributed by atoms with Gasteiger partial charge < -0.3 is 39.7 Å². The third kappa shape index (κ3) is 7.62. The molecule has 2 aromatic carbocycles. The number of alkyl carbamates (subject to hydrolysis) is 1. The molecule has 3 amide bonds. The van der Waals surface area contributed by atoms with Gasteiger partial charge in [-0.25, -0.2) is 14.8 Å². The summed E-state index contributed by atoms with van der Waals surface area (Å²) >= 11 is 0. The summed E-state index contributed by atoms with van der Waals surface area (Å²) in [6, 6.07) is 19.3. The number of carbonyl (C=O) groups is 3. The van der Waals surface area contributed by atoms with Crippen molar-refractivity contribution >= 4 is 17.9 Å². The molecule has 2 aliphatic heterocycles. The minimum absolute atomic E-state index is 0.0827. The largest absolute Gasteiger partial charge is 0.453 e. The molecule has 3 aromatic heterocycles. The van der Waals surface area contributed by atoms with Gasteiger partial charge in [-0.05, 0) is 70.9 Å². The van der Waals surface area contributed by atoms with Crippen LogP contribution in [0.25, 0.3) is 33.6 Å². The summed E-state index contributed by atoms with van der Waals surface area (Å²) in [6.07, 6.45) is 10.3. The van der Waals surface area contributed by atoms with E-state index in [2.05, 4.69) is 74.1 Å². The summed E-state index contributed by atoms with van der Waals surface area (Å²) in [5.74, 6) is 1.11. The molecule has 14 nitrogen and oxygen atoms in total. The molecule has 2 saturated carbocycles. The van der Waals surface area contributed by atoms with E-state index in [-0.39, 0.29) is 36.1 Å². The number of hydrogen-bond acceptors (Lipinski definition) is 9. The van der Waals surface area contributed by atoms with Crippen molar-refractivity contribution in [2.75, 3.05) is 26.9 Å². The first-order chi connectivity index (χ1) is 28.7. The van der Waals surface area contributed by atoms with E-state index in [9.17, 15) is 14.4 Å². The first-order valence-electron chi connectivity index (χ1n) is 20.6. The van der Waals surface area contributed by atoms with Crippen LogP contribution in [-0.2, 0) is 30.3 Å². The van der Waals surface area contributed by atoms with Crippen LogP contribution >= 0.6 is 0 Å². The van der Waals surface area contributed by atoms with Gasteiger partial charge in [0.25, 0.3) is 0 Å². The van der Waals surface area contributed by atoms with Gasteiger partial charge in [-0.1, -0.05) is 68.4 Å². The second kappa shape index (κ2) is 16.1. The van der Waals surface area contributed by atoms with Gasteiger partial charge in [0.2, 0.25) is 11.8 Å². The van der Waals surface area contributed by atoms with Crippen molar-refractivity contribution in [3.8, 4) is 33.6 Å². The lowest BCUT2D eigenvalue weighted by molar-refractivity contribution is -0.153. The number of ether oxygens (including phenoxy) is 3. The molecule has 59 heavy (non-hydrogen) atoms. The SMILES string of the molecule is COC(=O)N[C@H](C(=O)N1CC2(C[C@H]1c1ncc(-c3ccc(-c4ccc(-c5cnc(C6C7CCC(C7)[C@@H]6C(=O)NCc6cccnc6)[nH]5)cc4)cc3)[nH]1)OCCO2)C(C)C. The number of pyridine rings is 1. The van der Waals surface area contributed by atoms with E-state index in [0.717, 1.165) is 64.3 Å². The Labute approximate surface area is 342 Å². The fourth-order valence-electron chi connectivity index (χ4n) is 9.76. The number of H-pyrrole nitrogens is 2. The van der Waals surface area contributed by atoms with E-state index >= 15 is 0 Å². The summed E-state index contributed by atoms with van der Waals surface area (Å²) in [5, 5.41) is 5.88.